The van der Waals surface area contributed by atoms with Gasteiger partial charge in [-0.1, -0.05) is 24.3 Å². The van der Waals surface area contributed by atoms with Gasteiger partial charge in [-0.05, 0) is 65.6 Å². The quantitative estimate of drug-likeness (QED) is 0.788. The van der Waals surface area contributed by atoms with E-state index in [4.69, 9.17) is 0 Å². The average Bonchev–Trinajstić information content (AvgIpc) is 2.43. The molecule has 1 N–H and O–H groups in total. The smallest absolute Gasteiger partial charge is 0.119 e. The van der Waals surface area contributed by atoms with Crippen molar-refractivity contribution in [3.63, 3.8) is 0 Å². The second-order valence-corrected chi connectivity index (χ2v) is 5.38. The van der Waals surface area contributed by atoms with Crippen LogP contribution in [-0.2, 0) is 25.7 Å². The maximum atomic E-state index is 10.1. The topological polar surface area (TPSA) is 32.6 Å². The van der Waals surface area contributed by atoms with E-state index < -0.39 is 0 Å². The van der Waals surface area contributed by atoms with Gasteiger partial charge in [0.2, 0.25) is 0 Å². The van der Waals surface area contributed by atoms with Crippen LogP contribution in [-0.4, -0.2) is 18.4 Å². The third-order valence-electron chi connectivity index (χ3n) is 3.99. The SMILES string of the molecule is CN=Cc1cc2ccc1CCc1ccc(cc1O)CC2. The molecule has 0 aliphatic heterocycles. The number of aryl methyl sites for hydroxylation is 4. The molecule has 0 fully saturated rings. The average molecular weight is 265 g/mol. The van der Waals surface area contributed by atoms with Crippen molar-refractivity contribution in [1.82, 2.24) is 0 Å². The Morgan fingerprint density at radius 2 is 1.55 bits per heavy atom. The molecular formula is C18H19NO. The van der Waals surface area contributed by atoms with Crippen LogP contribution in [0.5, 0.6) is 5.75 Å². The van der Waals surface area contributed by atoms with E-state index in [9.17, 15) is 5.11 Å². The van der Waals surface area contributed by atoms with Gasteiger partial charge >= 0.3 is 0 Å². The number of benzene rings is 2. The van der Waals surface area contributed by atoms with Gasteiger partial charge in [-0.2, -0.15) is 0 Å². The lowest BCUT2D eigenvalue weighted by Crippen LogP contribution is -2.02. The summed E-state index contributed by atoms with van der Waals surface area (Å²) in [6.07, 6.45) is 5.66. The number of phenolic OH excluding ortho intramolecular Hbond substituents is 1. The first-order valence-corrected chi connectivity index (χ1v) is 7.11. The minimum absolute atomic E-state index is 0.434. The summed E-state index contributed by atoms with van der Waals surface area (Å²) < 4.78 is 0. The van der Waals surface area contributed by atoms with Crippen LogP contribution in [0, 0.1) is 0 Å². The molecule has 4 bridgehead atoms. The standard InChI is InChI=1S/C18H19NO/c1-19-12-17-10-13-2-3-14-5-7-16(18(20)11-14)9-8-15(17)6-4-13/h4-7,10-12,20H,2-3,8-9H2,1H3. The molecule has 2 nitrogen and oxygen atoms in total. The van der Waals surface area contributed by atoms with Crippen molar-refractivity contribution in [1.29, 1.82) is 0 Å². The summed E-state index contributed by atoms with van der Waals surface area (Å²) in [5.41, 5.74) is 6.05. The van der Waals surface area contributed by atoms with Crippen LogP contribution in [0.15, 0.2) is 41.4 Å². The van der Waals surface area contributed by atoms with Crippen molar-refractivity contribution >= 4 is 6.21 Å². The van der Waals surface area contributed by atoms with Crippen molar-refractivity contribution < 1.29 is 5.11 Å². The van der Waals surface area contributed by atoms with Crippen LogP contribution in [0.3, 0.4) is 0 Å². The van der Waals surface area contributed by atoms with E-state index in [1.54, 1.807) is 0 Å². The first-order chi connectivity index (χ1) is 9.76. The molecule has 0 radical (unpaired) electrons. The summed E-state index contributed by atoms with van der Waals surface area (Å²) >= 11 is 0. The molecule has 0 aromatic heterocycles. The highest BCUT2D eigenvalue weighted by molar-refractivity contribution is 5.82. The predicted octanol–water partition coefficient (Wildman–Crippen LogP) is 3.32. The molecule has 0 unspecified atom stereocenters. The Balaban J connectivity index is 2.04. The summed E-state index contributed by atoms with van der Waals surface area (Å²) in [5.74, 6) is 0.434. The van der Waals surface area contributed by atoms with E-state index in [-0.39, 0.29) is 0 Å². The molecule has 0 saturated heterocycles. The molecule has 102 valence electrons. The lowest BCUT2D eigenvalue weighted by atomic mass is 9.93. The Morgan fingerprint density at radius 1 is 0.900 bits per heavy atom. The lowest BCUT2D eigenvalue weighted by Gasteiger charge is -2.13. The summed E-state index contributed by atoms with van der Waals surface area (Å²) in [4.78, 5) is 4.16. The Morgan fingerprint density at radius 3 is 2.25 bits per heavy atom. The van der Waals surface area contributed by atoms with Gasteiger partial charge in [0.05, 0.1) is 0 Å². The van der Waals surface area contributed by atoms with Gasteiger partial charge in [-0.15, -0.1) is 0 Å². The van der Waals surface area contributed by atoms with Crippen LogP contribution in [0.4, 0.5) is 0 Å². The molecule has 2 aromatic rings. The zero-order chi connectivity index (χ0) is 13.9. The Labute approximate surface area is 119 Å². The van der Waals surface area contributed by atoms with E-state index in [0.717, 1.165) is 31.2 Å². The fourth-order valence-corrected chi connectivity index (χ4v) is 2.82. The van der Waals surface area contributed by atoms with Gasteiger partial charge < -0.3 is 5.11 Å². The van der Waals surface area contributed by atoms with E-state index >= 15 is 0 Å². The summed E-state index contributed by atoms with van der Waals surface area (Å²) in [7, 11) is 1.81. The van der Waals surface area contributed by atoms with Crippen molar-refractivity contribution in [2.45, 2.75) is 25.7 Å². The molecule has 4 aliphatic rings. The van der Waals surface area contributed by atoms with E-state index in [0.29, 0.717) is 5.75 Å². The zero-order valence-electron chi connectivity index (χ0n) is 11.8. The van der Waals surface area contributed by atoms with Gasteiger partial charge in [0.25, 0.3) is 0 Å². The third-order valence-corrected chi connectivity index (χ3v) is 3.99. The van der Waals surface area contributed by atoms with E-state index in [1.807, 2.05) is 19.3 Å². The molecular weight excluding hydrogens is 246 g/mol. The van der Waals surface area contributed by atoms with Gasteiger partial charge in [-0.3, -0.25) is 4.99 Å². The number of rotatable bonds is 1. The highest BCUT2D eigenvalue weighted by Crippen LogP contribution is 2.24. The second kappa shape index (κ2) is 5.49. The highest BCUT2D eigenvalue weighted by atomic mass is 16.3. The van der Waals surface area contributed by atoms with Crippen LogP contribution in [0.2, 0.25) is 0 Å². The third kappa shape index (κ3) is 2.60. The van der Waals surface area contributed by atoms with Crippen LogP contribution >= 0.6 is 0 Å². The summed E-state index contributed by atoms with van der Waals surface area (Å²) in [5, 5.41) is 10.1. The number of phenols is 1. The normalized spacial score (nSPS) is 14.4. The van der Waals surface area contributed by atoms with Gasteiger partial charge in [0, 0.05) is 13.3 Å². The second-order valence-electron chi connectivity index (χ2n) is 5.38. The molecule has 0 spiro atoms. The number of aromatic hydroxyl groups is 1. The number of hydrogen-bond donors (Lipinski definition) is 1. The molecule has 0 amide bonds. The maximum Gasteiger partial charge on any atom is 0.119 e. The van der Waals surface area contributed by atoms with Crippen LogP contribution in [0.25, 0.3) is 0 Å². The fraction of sp³-hybridized carbons (Fsp3) is 0.278. The van der Waals surface area contributed by atoms with Crippen molar-refractivity contribution in [2.24, 2.45) is 4.99 Å². The van der Waals surface area contributed by atoms with Crippen molar-refractivity contribution in [3.05, 3.63) is 64.2 Å². The van der Waals surface area contributed by atoms with E-state index in [2.05, 4.69) is 35.3 Å². The Bertz CT molecular complexity index is 658. The van der Waals surface area contributed by atoms with Crippen LogP contribution in [0.1, 0.15) is 27.8 Å². The molecule has 6 rings (SSSR count). The van der Waals surface area contributed by atoms with Crippen molar-refractivity contribution in [3.8, 4) is 5.75 Å². The first-order valence-electron chi connectivity index (χ1n) is 7.11. The molecule has 4 aliphatic carbocycles. The minimum Gasteiger partial charge on any atom is -0.508 e. The maximum absolute atomic E-state index is 10.1. The zero-order valence-corrected chi connectivity index (χ0v) is 11.8. The Hall–Kier alpha value is -2.09. The monoisotopic (exact) mass is 265 g/mol. The largest absolute Gasteiger partial charge is 0.508 e. The first kappa shape index (κ1) is 12.9. The fourth-order valence-electron chi connectivity index (χ4n) is 2.82. The number of hydrogen-bond acceptors (Lipinski definition) is 2. The van der Waals surface area contributed by atoms with Crippen molar-refractivity contribution in [2.75, 3.05) is 7.05 Å². The molecule has 0 atom stereocenters. The number of aliphatic imine (C=N–C) groups is 1. The van der Waals surface area contributed by atoms with Gasteiger partial charge in [-0.25, -0.2) is 0 Å². The highest BCUT2D eigenvalue weighted by Gasteiger charge is 2.09. The van der Waals surface area contributed by atoms with Crippen LogP contribution < -0.4 is 0 Å². The molecule has 20 heavy (non-hydrogen) atoms. The Kier molecular flexibility index (Phi) is 3.55. The van der Waals surface area contributed by atoms with E-state index in [1.165, 1.54) is 22.3 Å². The molecule has 2 heteroatoms. The van der Waals surface area contributed by atoms with Gasteiger partial charge in [0.15, 0.2) is 0 Å². The lowest BCUT2D eigenvalue weighted by molar-refractivity contribution is 0.467. The molecule has 2 aromatic carbocycles. The molecule has 0 heterocycles. The minimum atomic E-state index is 0.434. The predicted molar refractivity (Wildman–Crippen MR) is 82.9 cm³/mol. The summed E-state index contributed by atoms with van der Waals surface area (Å²) in [6.45, 7) is 0. The van der Waals surface area contributed by atoms with Gasteiger partial charge in [0.1, 0.15) is 5.75 Å². The summed E-state index contributed by atoms with van der Waals surface area (Å²) in [6, 6.07) is 12.8. The number of nitrogens with zero attached hydrogens (tertiary/aromatic N) is 1. The molecule has 0 saturated carbocycles.